The number of hydrogen-bond acceptors (Lipinski definition) is 5. The van der Waals surface area contributed by atoms with Crippen LogP contribution in [0.4, 0.5) is 0 Å². The molecule has 18 heavy (non-hydrogen) atoms. The fourth-order valence-corrected chi connectivity index (χ4v) is 2.54. The molecule has 0 radical (unpaired) electrons. The standard InChI is InChI=1S/C11H14N2O4S/c1-6(10-13-7(5-18-10)11(15)16)12-9(14)8-3-2-4-17-8/h5-6,8H,2-4H2,1H3,(H,12,14)(H,15,16). The predicted octanol–water partition coefficient (Wildman–Crippen LogP) is 1.20. The molecule has 1 saturated heterocycles. The number of carbonyl (C=O) groups excluding carboxylic acids is 1. The van der Waals surface area contributed by atoms with Crippen LogP contribution in [0.25, 0.3) is 0 Å². The molecule has 2 unspecified atom stereocenters. The van der Waals surface area contributed by atoms with Gasteiger partial charge in [-0.05, 0) is 19.8 Å². The van der Waals surface area contributed by atoms with Crippen LogP contribution in [-0.4, -0.2) is 34.7 Å². The third-order valence-corrected chi connectivity index (χ3v) is 3.72. The molecule has 0 aliphatic carbocycles. The van der Waals surface area contributed by atoms with Crippen LogP contribution in [0.15, 0.2) is 5.38 Å². The second-order valence-electron chi connectivity index (χ2n) is 4.11. The van der Waals surface area contributed by atoms with Crippen LogP contribution in [0.5, 0.6) is 0 Å². The van der Waals surface area contributed by atoms with Gasteiger partial charge in [-0.15, -0.1) is 11.3 Å². The number of aromatic nitrogens is 1. The molecule has 6 nitrogen and oxygen atoms in total. The van der Waals surface area contributed by atoms with Crippen molar-refractivity contribution in [1.29, 1.82) is 0 Å². The van der Waals surface area contributed by atoms with E-state index in [4.69, 9.17) is 9.84 Å². The Labute approximate surface area is 108 Å². The molecule has 0 bridgehead atoms. The number of aromatic carboxylic acids is 1. The van der Waals surface area contributed by atoms with Gasteiger partial charge < -0.3 is 15.2 Å². The molecule has 1 aromatic rings. The number of hydrogen-bond donors (Lipinski definition) is 2. The molecule has 7 heteroatoms. The minimum absolute atomic E-state index is 0.00761. The Balaban J connectivity index is 1.95. The molecule has 2 heterocycles. The topological polar surface area (TPSA) is 88.5 Å². The number of nitrogens with zero attached hydrogens (tertiary/aromatic N) is 1. The number of amides is 1. The largest absolute Gasteiger partial charge is 0.476 e. The highest BCUT2D eigenvalue weighted by Crippen LogP contribution is 2.19. The Kier molecular flexibility index (Phi) is 3.93. The minimum Gasteiger partial charge on any atom is -0.476 e. The first-order valence-corrected chi connectivity index (χ1v) is 6.56. The zero-order valence-corrected chi connectivity index (χ0v) is 10.7. The molecule has 2 rings (SSSR count). The minimum atomic E-state index is -1.06. The average Bonchev–Trinajstić information content (AvgIpc) is 3.00. The van der Waals surface area contributed by atoms with Gasteiger partial charge >= 0.3 is 5.97 Å². The molecule has 1 fully saturated rings. The van der Waals surface area contributed by atoms with Crippen molar-refractivity contribution in [2.75, 3.05) is 6.61 Å². The van der Waals surface area contributed by atoms with Crippen molar-refractivity contribution in [3.63, 3.8) is 0 Å². The van der Waals surface area contributed by atoms with E-state index in [2.05, 4.69) is 10.3 Å². The maximum absolute atomic E-state index is 11.8. The van der Waals surface area contributed by atoms with Gasteiger partial charge in [0.1, 0.15) is 11.1 Å². The monoisotopic (exact) mass is 270 g/mol. The van der Waals surface area contributed by atoms with Crippen LogP contribution in [-0.2, 0) is 9.53 Å². The molecule has 2 atom stereocenters. The summed E-state index contributed by atoms with van der Waals surface area (Å²) in [6.07, 6.45) is 1.25. The Morgan fingerprint density at radius 3 is 3.00 bits per heavy atom. The van der Waals surface area contributed by atoms with Gasteiger partial charge in [0, 0.05) is 12.0 Å². The molecule has 1 aromatic heterocycles. The van der Waals surface area contributed by atoms with E-state index in [9.17, 15) is 9.59 Å². The third-order valence-electron chi connectivity index (χ3n) is 2.69. The SMILES string of the molecule is CC(NC(=O)C1CCCO1)c1nc(C(=O)O)cs1. The lowest BCUT2D eigenvalue weighted by Gasteiger charge is -2.14. The van der Waals surface area contributed by atoms with Gasteiger partial charge in [-0.25, -0.2) is 9.78 Å². The van der Waals surface area contributed by atoms with Gasteiger partial charge in [0.25, 0.3) is 0 Å². The Hall–Kier alpha value is -1.47. The summed E-state index contributed by atoms with van der Waals surface area (Å²) < 4.78 is 5.27. The lowest BCUT2D eigenvalue weighted by atomic mass is 10.2. The molecule has 2 N–H and O–H groups in total. The lowest BCUT2D eigenvalue weighted by molar-refractivity contribution is -0.130. The normalized spacial score (nSPS) is 20.6. The van der Waals surface area contributed by atoms with Crippen molar-refractivity contribution in [3.05, 3.63) is 16.1 Å². The summed E-state index contributed by atoms with van der Waals surface area (Å²) in [5, 5.41) is 13.6. The summed E-state index contributed by atoms with van der Waals surface area (Å²) in [7, 11) is 0. The molecule has 1 aliphatic heterocycles. The number of carbonyl (C=O) groups is 2. The first kappa shape index (κ1) is 13.0. The van der Waals surface area contributed by atoms with Gasteiger partial charge in [0.15, 0.2) is 5.69 Å². The average molecular weight is 270 g/mol. The number of nitrogens with one attached hydrogen (secondary N) is 1. The van der Waals surface area contributed by atoms with Crippen molar-refractivity contribution < 1.29 is 19.4 Å². The van der Waals surface area contributed by atoms with Gasteiger partial charge in [0.05, 0.1) is 6.04 Å². The zero-order valence-electron chi connectivity index (χ0n) is 9.88. The fraction of sp³-hybridized carbons (Fsp3) is 0.545. The van der Waals surface area contributed by atoms with Crippen molar-refractivity contribution in [1.82, 2.24) is 10.3 Å². The van der Waals surface area contributed by atoms with E-state index in [0.717, 1.165) is 12.8 Å². The second kappa shape index (κ2) is 5.45. The zero-order chi connectivity index (χ0) is 13.1. The van der Waals surface area contributed by atoms with Crippen molar-refractivity contribution in [3.8, 4) is 0 Å². The summed E-state index contributed by atoms with van der Waals surface area (Å²) in [6, 6.07) is -0.306. The molecular formula is C11H14N2O4S. The molecule has 1 amide bonds. The summed E-state index contributed by atoms with van der Waals surface area (Å²) in [4.78, 5) is 26.5. The second-order valence-corrected chi connectivity index (χ2v) is 5.00. The van der Waals surface area contributed by atoms with Crippen molar-refractivity contribution in [2.24, 2.45) is 0 Å². The van der Waals surface area contributed by atoms with Gasteiger partial charge in [-0.2, -0.15) is 0 Å². The Morgan fingerprint density at radius 1 is 1.67 bits per heavy atom. The Morgan fingerprint density at radius 2 is 2.44 bits per heavy atom. The predicted molar refractivity (Wildman–Crippen MR) is 64.6 cm³/mol. The quantitative estimate of drug-likeness (QED) is 0.858. The van der Waals surface area contributed by atoms with Crippen LogP contribution in [0.2, 0.25) is 0 Å². The molecule has 0 spiro atoms. The number of carboxylic acids is 1. The van der Waals surface area contributed by atoms with E-state index < -0.39 is 5.97 Å². The summed E-state index contributed by atoms with van der Waals surface area (Å²) in [5.41, 5.74) is 0.00761. The number of ether oxygens (including phenoxy) is 1. The lowest BCUT2D eigenvalue weighted by Crippen LogP contribution is -2.35. The van der Waals surface area contributed by atoms with E-state index in [1.807, 2.05) is 0 Å². The van der Waals surface area contributed by atoms with Gasteiger partial charge in [-0.3, -0.25) is 4.79 Å². The van der Waals surface area contributed by atoms with Gasteiger partial charge in [0.2, 0.25) is 5.91 Å². The van der Waals surface area contributed by atoms with E-state index in [1.54, 1.807) is 6.92 Å². The molecule has 1 aliphatic rings. The van der Waals surface area contributed by atoms with Crippen molar-refractivity contribution >= 4 is 23.2 Å². The molecule has 0 aromatic carbocycles. The van der Waals surface area contributed by atoms with E-state index in [-0.39, 0.29) is 23.7 Å². The van der Waals surface area contributed by atoms with Crippen LogP contribution in [0, 0.1) is 0 Å². The van der Waals surface area contributed by atoms with Crippen LogP contribution < -0.4 is 5.32 Å². The maximum atomic E-state index is 11.8. The summed E-state index contributed by atoms with van der Waals surface area (Å²) in [6.45, 7) is 2.39. The highest BCUT2D eigenvalue weighted by molar-refractivity contribution is 7.09. The highest BCUT2D eigenvalue weighted by Gasteiger charge is 2.25. The first-order chi connectivity index (χ1) is 8.58. The molecular weight excluding hydrogens is 256 g/mol. The smallest absolute Gasteiger partial charge is 0.355 e. The highest BCUT2D eigenvalue weighted by atomic mass is 32.1. The van der Waals surface area contributed by atoms with Crippen molar-refractivity contribution in [2.45, 2.75) is 31.9 Å². The first-order valence-electron chi connectivity index (χ1n) is 5.68. The number of thiazole rings is 1. The van der Waals surface area contributed by atoms with Gasteiger partial charge in [-0.1, -0.05) is 0 Å². The summed E-state index contributed by atoms with van der Waals surface area (Å²) in [5.74, 6) is -1.22. The fourth-order valence-electron chi connectivity index (χ4n) is 1.74. The van der Waals surface area contributed by atoms with Crippen LogP contribution in [0.3, 0.4) is 0 Å². The van der Waals surface area contributed by atoms with Crippen LogP contribution in [0.1, 0.15) is 41.3 Å². The van der Waals surface area contributed by atoms with E-state index >= 15 is 0 Å². The summed E-state index contributed by atoms with van der Waals surface area (Å²) >= 11 is 1.22. The van der Waals surface area contributed by atoms with E-state index in [0.29, 0.717) is 11.6 Å². The van der Waals surface area contributed by atoms with E-state index in [1.165, 1.54) is 16.7 Å². The number of carboxylic acid groups (broad SMARTS) is 1. The number of rotatable bonds is 4. The molecule has 0 saturated carbocycles. The molecule has 98 valence electrons. The maximum Gasteiger partial charge on any atom is 0.355 e. The van der Waals surface area contributed by atoms with Crippen LogP contribution >= 0.6 is 11.3 Å². The third kappa shape index (κ3) is 2.85. The Bertz CT molecular complexity index is 454.